The van der Waals surface area contributed by atoms with E-state index in [0.29, 0.717) is 11.7 Å². The summed E-state index contributed by atoms with van der Waals surface area (Å²) in [6.07, 6.45) is 4.76. The van der Waals surface area contributed by atoms with Crippen molar-refractivity contribution < 1.29 is 9.53 Å². The Balaban J connectivity index is 1.42. The van der Waals surface area contributed by atoms with Gasteiger partial charge in [0.25, 0.3) is 0 Å². The molecule has 0 aliphatic heterocycles. The van der Waals surface area contributed by atoms with Crippen LogP contribution in [0.5, 0.6) is 5.75 Å². The lowest BCUT2D eigenvalue weighted by molar-refractivity contribution is -0.131. The Morgan fingerprint density at radius 1 is 1.00 bits per heavy atom. The predicted molar refractivity (Wildman–Crippen MR) is 127 cm³/mol. The summed E-state index contributed by atoms with van der Waals surface area (Å²) in [5, 5.41) is 8.80. The number of carbonyl (C=O) groups is 1. The molecule has 5 heteroatoms. The fourth-order valence-electron chi connectivity index (χ4n) is 4.95. The molecule has 1 aliphatic rings. The van der Waals surface area contributed by atoms with Gasteiger partial charge in [-0.3, -0.25) is 4.79 Å². The maximum absolute atomic E-state index is 11.5. The first kappa shape index (κ1) is 21.1. The zero-order valence-electron chi connectivity index (χ0n) is 18.7. The summed E-state index contributed by atoms with van der Waals surface area (Å²) in [6.45, 7) is 2.26. The number of fused-ring (bicyclic) bond motifs is 1. The third kappa shape index (κ3) is 4.58. The van der Waals surface area contributed by atoms with E-state index in [9.17, 15) is 4.79 Å². The van der Waals surface area contributed by atoms with Crippen LogP contribution in [0.1, 0.15) is 47.2 Å². The molecule has 0 fully saturated rings. The van der Waals surface area contributed by atoms with E-state index in [2.05, 4.69) is 69.6 Å². The lowest BCUT2D eigenvalue weighted by Gasteiger charge is -2.27. The van der Waals surface area contributed by atoms with E-state index in [1.54, 1.807) is 0 Å². The van der Waals surface area contributed by atoms with Crippen molar-refractivity contribution in [1.82, 2.24) is 15.0 Å². The number of carbonyl (C=O) groups excluding carboxylic acids is 1. The molecule has 0 spiro atoms. The highest BCUT2D eigenvalue weighted by Gasteiger charge is 2.26. The molecule has 1 unspecified atom stereocenters. The normalized spacial score (nSPS) is 15.3. The van der Waals surface area contributed by atoms with Crippen molar-refractivity contribution in [3.8, 4) is 5.75 Å². The molecular weight excluding hydrogens is 410 g/mol. The first-order chi connectivity index (χ1) is 16.2. The first-order valence-electron chi connectivity index (χ1n) is 11.5. The number of ether oxygens (including phenoxy) is 1. The summed E-state index contributed by atoms with van der Waals surface area (Å²) in [4.78, 5) is 11.5. The maximum atomic E-state index is 11.5. The lowest BCUT2D eigenvalue weighted by atomic mass is 9.83. The van der Waals surface area contributed by atoms with Crippen LogP contribution in [-0.4, -0.2) is 21.0 Å². The van der Waals surface area contributed by atoms with Gasteiger partial charge in [0.15, 0.2) is 0 Å². The SMILES string of the molecule is CC(=O)Oc1cccc2c1CCC(Cn1nncc1C(c1ccccc1)c1ccccc1)C2. The van der Waals surface area contributed by atoms with Crippen LogP contribution in [0.25, 0.3) is 0 Å². The largest absolute Gasteiger partial charge is 0.426 e. The van der Waals surface area contributed by atoms with Crippen molar-refractivity contribution in [2.24, 2.45) is 5.92 Å². The van der Waals surface area contributed by atoms with E-state index in [-0.39, 0.29) is 11.9 Å². The van der Waals surface area contributed by atoms with Gasteiger partial charge in [-0.2, -0.15) is 0 Å². The molecule has 1 atom stereocenters. The number of hydrogen-bond acceptors (Lipinski definition) is 4. The number of esters is 1. The Morgan fingerprint density at radius 2 is 1.70 bits per heavy atom. The molecule has 3 aromatic carbocycles. The van der Waals surface area contributed by atoms with Crippen LogP contribution in [0.4, 0.5) is 0 Å². The fourth-order valence-corrected chi connectivity index (χ4v) is 4.95. The lowest BCUT2D eigenvalue weighted by Crippen LogP contribution is -2.23. The van der Waals surface area contributed by atoms with Crippen LogP contribution in [0, 0.1) is 5.92 Å². The third-order valence-electron chi connectivity index (χ3n) is 6.44. The van der Waals surface area contributed by atoms with Crippen molar-refractivity contribution >= 4 is 5.97 Å². The Labute approximate surface area is 194 Å². The van der Waals surface area contributed by atoms with Crippen molar-refractivity contribution in [2.45, 2.75) is 38.6 Å². The average molecular weight is 438 g/mol. The van der Waals surface area contributed by atoms with Crippen LogP contribution >= 0.6 is 0 Å². The Morgan fingerprint density at radius 3 is 2.36 bits per heavy atom. The number of nitrogens with zero attached hydrogens (tertiary/aromatic N) is 3. The van der Waals surface area contributed by atoms with Gasteiger partial charge in [0.1, 0.15) is 5.75 Å². The number of aromatic nitrogens is 3. The van der Waals surface area contributed by atoms with Crippen molar-refractivity contribution in [1.29, 1.82) is 0 Å². The van der Waals surface area contributed by atoms with Gasteiger partial charge in [0.05, 0.1) is 17.8 Å². The molecule has 0 saturated heterocycles. The van der Waals surface area contributed by atoms with Gasteiger partial charge in [0, 0.05) is 13.5 Å². The van der Waals surface area contributed by atoms with Crippen LogP contribution in [0.15, 0.2) is 85.1 Å². The summed E-state index contributed by atoms with van der Waals surface area (Å²) in [6, 6.07) is 27.1. The van der Waals surface area contributed by atoms with Gasteiger partial charge in [-0.1, -0.05) is 78.0 Å². The van der Waals surface area contributed by atoms with Gasteiger partial charge < -0.3 is 4.74 Å². The summed E-state index contributed by atoms with van der Waals surface area (Å²) >= 11 is 0. The molecule has 0 N–H and O–H groups in total. The fraction of sp³-hybridized carbons (Fsp3) is 0.250. The zero-order chi connectivity index (χ0) is 22.6. The van der Waals surface area contributed by atoms with E-state index in [1.807, 2.05) is 30.5 Å². The summed E-state index contributed by atoms with van der Waals surface area (Å²) in [7, 11) is 0. The molecule has 1 heterocycles. The second-order valence-electron chi connectivity index (χ2n) is 8.69. The highest BCUT2D eigenvalue weighted by molar-refractivity contribution is 5.70. The predicted octanol–water partition coefficient (Wildman–Crippen LogP) is 5.19. The Hall–Kier alpha value is -3.73. The monoisotopic (exact) mass is 437 g/mol. The van der Waals surface area contributed by atoms with E-state index >= 15 is 0 Å². The van der Waals surface area contributed by atoms with Crippen molar-refractivity contribution in [3.05, 3.63) is 113 Å². The molecule has 4 aromatic rings. The van der Waals surface area contributed by atoms with Crippen LogP contribution < -0.4 is 4.74 Å². The van der Waals surface area contributed by atoms with Gasteiger partial charge >= 0.3 is 5.97 Å². The molecule has 5 rings (SSSR count). The van der Waals surface area contributed by atoms with Gasteiger partial charge in [-0.15, -0.1) is 5.10 Å². The second-order valence-corrected chi connectivity index (χ2v) is 8.69. The Bertz CT molecular complexity index is 1200. The van der Waals surface area contributed by atoms with Gasteiger partial charge in [-0.25, -0.2) is 4.68 Å². The minimum Gasteiger partial charge on any atom is -0.426 e. The highest BCUT2D eigenvalue weighted by Crippen LogP contribution is 2.35. The minimum atomic E-state index is -0.273. The number of hydrogen-bond donors (Lipinski definition) is 0. The molecule has 0 amide bonds. The molecule has 5 nitrogen and oxygen atoms in total. The van der Waals surface area contributed by atoms with Gasteiger partial charge in [0.2, 0.25) is 0 Å². The topological polar surface area (TPSA) is 57.0 Å². The van der Waals surface area contributed by atoms with E-state index < -0.39 is 0 Å². The molecule has 1 aliphatic carbocycles. The third-order valence-corrected chi connectivity index (χ3v) is 6.44. The molecular formula is C28H27N3O2. The van der Waals surface area contributed by atoms with Crippen molar-refractivity contribution in [3.63, 3.8) is 0 Å². The quantitative estimate of drug-likeness (QED) is 0.308. The van der Waals surface area contributed by atoms with Crippen molar-refractivity contribution in [2.75, 3.05) is 0 Å². The van der Waals surface area contributed by atoms with E-state index in [1.165, 1.54) is 23.6 Å². The van der Waals surface area contributed by atoms with E-state index in [4.69, 9.17) is 4.74 Å². The number of benzene rings is 3. The molecule has 166 valence electrons. The van der Waals surface area contributed by atoms with E-state index in [0.717, 1.165) is 37.1 Å². The summed E-state index contributed by atoms with van der Waals surface area (Å²) < 4.78 is 7.52. The van der Waals surface area contributed by atoms with Crippen LogP contribution in [0.2, 0.25) is 0 Å². The number of rotatable bonds is 6. The van der Waals surface area contributed by atoms with Gasteiger partial charge in [-0.05, 0) is 53.5 Å². The molecule has 33 heavy (non-hydrogen) atoms. The minimum absolute atomic E-state index is 0.0776. The average Bonchev–Trinajstić information content (AvgIpc) is 3.28. The first-order valence-corrected chi connectivity index (χ1v) is 11.5. The summed E-state index contributed by atoms with van der Waals surface area (Å²) in [5.74, 6) is 0.949. The standard InChI is InChI=1S/C28H27N3O2/c1-20(32)33-27-14-8-13-24-17-21(15-16-25(24)27)19-31-26(18-29-30-31)28(22-9-4-2-5-10-22)23-11-6-3-7-12-23/h2-14,18,21,28H,15-17,19H2,1H3. The smallest absolute Gasteiger partial charge is 0.308 e. The maximum Gasteiger partial charge on any atom is 0.308 e. The van der Waals surface area contributed by atoms with Crippen LogP contribution in [-0.2, 0) is 24.2 Å². The second kappa shape index (κ2) is 9.41. The molecule has 0 radical (unpaired) electrons. The Kier molecular flexibility index (Phi) is 6.03. The highest BCUT2D eigenvalue weighted by atomic mass is 16.5. The zero-order valence-corrected chi connectivity index (χ0v) is 18.7. The molecule has 0 saturated carbocycles. The summed E-state index contributed by atoms with van der Waals surface area (Å²) in [5.41, 5.74) is 5.98. The van der Waals surface area contributed by atoms with Crippen LogP contribution in [0.3, 0.4) is 0 Å². The molecule has 1 aromatic heterocycles. The molecule has 0 bridgehead atoms.